The predicted octanol–water partition coefficient (Wildman–Crippen LogP) is 2.07. The molecule has 8 nitrogen and oxygen atoms in total. The summed E-state index contributed by atoms with van der Waals surface area (Å²) in [7, 11) is 3.02. The van der Waals surface area contributed by atoms with Gasteiger partial charge in [-0.3, -0.25) is 9.59 Å². The third-order valence-corrected chi connectivity index (χ3v) is 5.00. The largest absolute Gasteiger partial charge is 0.497 e. The van der Waals surface area contributed by atoms with E-state index < -0.39 is 11.8 Å². The Kier molecular flexibility index (Phi) is 6.89. The number of hydrogen-bond donors (Lipinski definition) is 2. The zero-order valence-electron chi connectivity index (χ0n) is 16.7. The standard InChI is InChI=1S/C21H26N4O4/c1-28-16-6-7-18(29-2)17(13-16)24-21(27)20(26)23-14-15-8-11-25(12-9-15)19-5-3-4-10-22-19/h3-7,10,13,15H,8-9,11-12,14H2,1-2H3,(H,23,26)(H,24,27). The van der Waals surface area contributed by atoms with Crippen LogP contribution in [-0.2, 0) is 9.59 Å². The number of piperidine rings is 1. The molecule has 1 aliphatic rings. The summed E-state index contributed by atoms with van der Waals surface area (Å²) in [5.74, 6) is 0.916. The second-order valence-corrected chi connectivity index (χ2v) is 6.85. The van der Waals surface area contributed by atoms with Crippen molar-refractivity contribution < 1.29 is 19.1 Å². The van der Waals surface area contributed by atoms with E-state index in [1.165, 1.54) is 14.2 Å². The van der Waals surface area contributed by atoms with E-state index in [9.17, 15) is 9.59 Å². The lowest BCUT2D eigenvalue weighted by atomic mass is 9.97. The van der Waals surface area contributed by atoms with Gasteiger partial charge in [-0.05, 0) is 43.0 Å². The lowest BCUT2D eigenvalue weighted by Gasteiger charge is -2.32. The molecule has 0 radical (unpaired) electrons. The molecule has 0 saturated carbocycles. The SMILES string of the molecule is COc1ccc(OC)c(NC(=O)C(=O)NCC2CCN(c3ccccn3)CC2)c1. The Morgan fingerprint density at radius 3 is 2.55 bits per heavy atom. The molecule has 1 saturated heterocycles. The summed E-state index contributed by atoms with van der Waals surface area (Å²) >= 11 is 0. The monoisotopic (exact) mass is 398 g/mol. The van der Waals surface area contributed by atoms with E-state index in [1.54, 1.807) is 24.4 Å². The van der Waals surface area contributed by atoms with Crippen LogP contribution < -0.4 is 25.0 Å². The number of hydrogen-bond acceptors (Lipinski definition) is 6. The summed E-state index contributed by atoms with van der Waals surface area (Å²) in [6.07, 6.45) is 3.65. The summed E-state index contributed by atoms with van der Waals surface area (Å²) in [5.41, 5.74) is 0.385. The zero-order chi connectivity index (χ0) is 20.6. The quantitative estimate of drug-likeness (QED) is 0.724. The van der Waals surface area contributed by atoms with Crippen LogP contribution >= 0.6 is 0 Å². The van der Waals surface area contributed by atoms with Gasteiger partial charge >= 0.3 is 11.8 Å². The van der Waals surface area contributed by atoms with Gasteiger partial charge in [-0.1, -0.05) is 6.07 Å². The highest BCUT2D eigenvalue weighted by molar-refractivity contribution is 6.39. The van der Waals surface area contributed by atoms with E-state index in [4.69, 9.17) is 9.47 Å². The zero-order valence-corrected chi connectivity index (χ0v) is 16.7. The Bertz CT molecular complexity index is 836. The summed E-state index contributed by atoms with van der Waals surface area (Å²) in [6.45, 7) is 2.23. The van der Waals surface area contributed by atoms with Gasteiger partial charge in [-0.15, -0.1) is 0 Å². The number of aromatic nitrogens is 1. The van der Waals surface area contributed by atoms with Crippen molar-refractivity contribution in [3.63, 3.8) is 0 Å². The summed E-state index contributed by atoms with van der Waals surface area (Å²) in [5, 5.41) is 5.32. The second kappa shape index (κ2) is 9.77. The Morgan fingerprint density at radius 1 is 1.10 bits per heavy atom. The maximum atomic E-state index is 12.3. The number of anilines is 2. The van der Waals surface area contributed by atoms with Crippen LogP contribution in [-0.4, -0.2) is 50.7 Å². The normalized spacial score (nSPS) is 14.2. The highest BCUT2D eigenvalue weighted by Crippen LogP contribution is 2.28. The summed E-state index contributed by atoms with van der Waals surface area (Å²) in [4.78, 5) is 31.1. The smallest absolute Gasteiger partial charge is 0.313 e. The van der Waals surface area contributed by atoms with Gasteiger partial charge < -0.3 is 25.0 Å². The topological polar surface area (TPSA) is 92.8 Å². The first-order chi connectivity index (χ1) is 14.1. The first-order valence-corrected chi connectivity index (χ1v) is 9.58. The molecule has 2 N–H and O–H groups in total. The van der Waals surface area contributed by atoms with Gasteiger partial charge in [0, 0.05) is 31.9 Å². The first kappa shape index (κ1) is 20.4. The van der Waals surface area contributed by atoms with E-state index in [0.29, 0.717) is 29.6 Å². The molecule has 1 aliphatic heterocycles. The average molecular weight is 398 g/mol. The molecule has 3 rings (SSSR count). The fraction of sp³-hybridized carbons (Fsp3) is 0.381. The van der Waals surface area contributed by atoms with Crippen LogP contribution in [0.15, 0.2) is 42.6 Å². The van der Waals surface area contributed by atoms with Crippen LogP contribution in [0, 0.1) is 5.92 Å². The number of pyridine rings is 1. The molecule has 29 heavy (non-hydrogen) atoms. The molecule has 0 aliphatic carbocycles. The number of rotatable bonds is 6. The molecular weight excluding hydrogens is 372 g/mol. The van der Waals surface area contributed by atoms with Gasteiger partial charge in [0.05, 0.1) is 19.9 Å². The van der Waals surface area contributed by atoms with Crippen molar-refractivity contribution in [2.24, 2.45) is 5.92 Å². The third kappa shape index (κ3) is 5.37. The Hall–Kier alpha value is -3.29. The van der Waals surface area contributed by atoms with Gasteiger partial charge in [0.1, 0.15) is 17.3 Å². The van der Waals surface area contributed by atoms with Crippen molar-refractivity contribution in [3.05, 3.63) is 42.6 Å². The Morgan fingerprint density at radius 2 is 1.90 bits per heavy atom. The van der Waals surface area contributed by atoms with Crippen molar-refractivity contribution in [1.82, 2.24) is 10.3 Å². The molecule has 1 aromatic heterocycles. The summed E-state index contributed by atoms with van der Waals surface area (Å²) < 4.78 is 10.4. The molecule has 0 unspecified atom stereocenters. The van der Waals surface area contributed by atoms with Crippen molar-refractivity contribution in [2.45, 2.75) is 12.8 Å². The van der Waals surface area contributed by atoms with E-state index >= 15 is 0 Å². The summed E-state index contributed by atoms with van der Waals surface area (Å²) in [6, 6.07) is 10.9. The fourth-order valence-corrected chi connectivity index (χ4v) is 3.32. The molecule has 2 amide bonds. The highest BCUT2D eigenvalue weighted by Gasteiger charge is 2.22. The number of benzene rings is 1. The average Bonchev–Trinajstić information content (AvgIpc) is 2.78. The molecule has 1 aromatic carbocycles. The van der Waals surface area contributed by atoms with E-state index in [1.807, 2.05) is 18.2 Å². The van der Waals surface area contributed by atoms with Crippen molar-refractivity contribution in [2.75, 3.05) is 44.1 Å². The molecular formula is C21H26N4O4. The van der Waals surface area contributed by atoms with E-state index in [0.717, 1.165) is 31.7 Å². The molecule has 0 spiro atoms. The molecule has 2 heterocycles. The number of methoxy groups -OCH3 is 2. The highest BCUT2D eigenvalue weighted by atomic mass is 16.5. The van der Waals surface area contributed by atoms with Crippen molar-refractivity contribution in [1.29, 1.82) is 0 Å². The molecule has 1 fully saturated rings. The number of amides is 2. The minimum absolute atomic E-state index is 0.332. The van der Waals surface area contributed by atoms with E-state index in [-0.39, 0.29) is 0 Å². The second-order valence-electron chi connectivity index (χ2n) is 6.85. The number of nitrogens with one attached hydrogen (secondary N) is 2. The minimum Gasteiger partial charge on any atom is -0.497 e. The van der Waals surface area contributed by atoms with Gasteiger partial charge in [0.15, 0.2) is 0 Å². The van der Waals surface area contributed by atoms with E-state index in [2.05, 4.69) is 20.5 Å². The molecule has 154 valence electrons. The van der Waals surface area contributed by atoms with Crippen LogP contribution in [0.25, 0.3) is 0 Å². The Labute approximate surface area is 170 Å². The van der Waals surface area contributed by atoms with Crippen LogP contribution in [0.4, 0.5) is 11.5 Å². The number of carbonyl (C=O) groups is 2. The van der Waals surface area contributed by atoms with Crippen molar-refractivity contribution >= 4 is 23.3 Å². The first-order valence-electron chi connectivity index (χ1n) is 9.58. The number of nitrogens with zero attached hydrogens (tertiary/aromatic N) is 2. The van der Waals surface area contributed by atoms with Gasteiger partial charge in [-0.25, -0.2) is 4.98 Å². The van der Waals surface area contributed by atoms with Gasteiger partial charge in [0.2, 0.25) is 0 Å². The molecule has 0 bridgehead atoms. The van der Waals surface area contributed by atoms with Crippen LogP contribution in [0.3, 0.4) is 0 Å². The third-order valence-electron chi connectivity index (χ3n) is 5.00. The lowest BCUT2D eigenvalue weighted by molar-refractivity contribution is -0.136. The van der Waals surface area contributed by atoms with Gasteiger partial charge in [-0.2, -0.15) is 0 Å². The lowest BCUT2D eigenvalue weighted by Crippen LogP contribution is -2.42. The number of carbonyl (C=O) groups excluding carboxylic acids is 2. The van der Waals surface area contributed by atoms with Gasteiger partial charge in [0.25, 0.3) is 0 Å². The molecule has 8 heteroatoms. The van der Waals surface area contributed by atoms with Crippen LogP contribution in [0.1, 0.15) is 12.8 Å². The number of ether oxygens (including phenoxy) is 2. The maximum absolute atomic E-state index is 12.3. The maximum Gasteiger partial charge on any atom is 0.313 e. The predicted molar refractivity (Wildman–Crippen MR) is 110 cm³/mol. The van der Waals surface area contributed by atoms with Crippen LogP contribution in [0.2, 0.25) is 0 Å². The Balaban J connectivity index is 1.47. The van der Waals surface area contributed by atoms with Crippen LogP contribution in [0.5, 0.6) is 11.5 Å². The minimum atomic E-state index is -0.734. The van der Waals surface area contributed by atoms with Crippen molar-refractivity contribution in [3.8, 4) is 11.5 Å². The fourth-order valence-electron chi connectivity index (χ4n) is 3.32. The molecule has 2 aromatic rings. The molecule has 0 atom stereocenters.